The van der Waals surface area contributed by atoms with Gasteiger partial charge in [-0.25, -0.2) is 0 Å². The van der Waals surface area contributed by atoms with Gasteiger partial charge in [-0.2, -0.15) is 0 Å². The Morgan fingerprint density at radius 3 is 2.52 bits per heavy atom. The van der Waals surface area contributed by atoms with Crippen LogP contribution in [0.3, 0.4) is 0 Å². The van der Waals surface area contributed by atoms with Crippen LogP contribution in [0.4, 0.5) is 0 Å². The predicted molar refractivity (Wildman–Crippen MR) is 92.6 cm³/mol. The van der Waals surface area contributed by atoms with Crippen LogP contribution in [0.5, 0.6) is 0 Å². The van der Waals surface area contributed by atoms with Gasteiger partial charge in [-0.1, -0.05) is 30.3 Å². The lowest BCUT2D eigenvalue weighted by molar-refractivity contribution is 0.0788. The SMILES string of the molecule is CCn1c(C)cc(C(=O)N2C[C@@H](N)[C@H](c3ccccc3)C2)c1C. The molecule has 1 aliphatic heterocycles. The minimum absolute atomic E-state index is 0.00369. The van der Waals surface area contributed by atoms with Crippen molar-refractivity contribution in [3.8, 4) is 0 Å². The smallest absolute Gasteiger partial charge is 0.255 e. The van der Waals surface area contributed by atoms with E-state index >= 15 is 0 Å². The zero-order valence-electron chi connectivity index (χ0n) is 14.1. The van der Waals surface area contributed by atoms with Crippen molar-refractivity contribution >= 4 is 5.91 Å². The lowest BCUT2D eigenvalue weighted by atomic mass is 9.95. The molecular formula is C19H25N3O. The molecule has 0 bridgehead atoms. The Kier molecular flexibility index (Phi) is 4.26. The van der Waals surface area contributed by atoms with E-state index < -0.39 is 0 Å². The van der Waals surface area contributed by atoms with Crippen LogP contribution < -0.4 is 5.73 Å². The van der Waals surface area contributed by atoms with Crippen LogP contribution in [0.15, 0.2) is 36.4 Å². The molecule has 2 N–H and O–H groups in total. The number of carbonyl (C=O) groups is 1. The maximum atomic E-state index is 12.9. The summed E-state index contributed by atoms with van der Waals surface area (Å²) in [5.74, 6) is 0.321. The van der Waals surface area contributed by atoms with Crippen LogP contribution in [0.2, 0.25) is 0 Å². The molecule has 0 saturated carbocycles. The Morgan fingerprint density at radius 1 is 1.22 bits per heavy atom. The maximum absolute atomic E-state index is 12.9. The van der Waals surface area contributed by atoms with Crippen molar-refractivity contribution in [2.45, 2.75) is 39.3 Å². The quantitative estimate of drug-likeness (QED) is 0.947. The molecule has 122 valence electrons. The third-order valence-electron chi connectivity index (χ3n) is 5.00. The first-order chi connectivity index (χ1) is 11.0. The van der Waals surface area contributed by atoms with Gasteiger partial charge in [0.05, 0.1) is 5.56 Å². The fourth-order valence-electron chi connectivity index (χ4n) is 3.72. The summed E-state index contributed by atoms with van der Waals surface area (Å²) < 4.78 is 2.18. The lowest BCUT2D eigenvalue weighted by Crippen LogP contribution is -2.32. The molecule has 3 rings (SSSR count). The largest absolute Gasteiger partial charge is 0.349 e. The first-order valence-corrected chi connectivity index (χ1v) is 8.29. The molecular weight excluding hydrogens is 286 g/mol. The first-order valence-electron chi connectivity index (χ1n) is 8.29. The second kappa shape index (κ2) is 6.20. The summed E-state index contributed by atoms with van der Waals surface area (Å²) in [5.41, 5.74) is 10.5. The average molecular weight is 311 g/mol. The van der Waals surface area contributed by atoms with Crippen molar-refractivity contribution in [1.29, 1.82) is 0 Å². The molecule has 0 spiro atoms. The topological polar surface area (TPSA) is 51.3 Å². The standard InChI is InChI=1S/C19H25N3O/c1-4-22-13(2)10-16(14(22)3)19(23)21-11-17(18(20)12-21)15-8-6-5-7-9-15/h5-10,17-18H,4,11-12,20H2,1-3H3/t17-,18+/m0/s1. The van der Waals surface area contributed by atoms with Gasteiger partial charge >= 0.3 is 0 Å². The van der Waals surface area contributed by atoms with Crippen LogP contribution in [0.25, 0.3) is 0 Å². The third-order valence-corrected chi connectivity index (χ3v) is 5.00. The fraction of sp³-hybridized carbons (Fsp3) is 0.421. The van der Waals surface area contributed by atoms with Gasteiger partial charge in [-0.05, 0) is 32.4 Å². The molecule has 2 aromatic rings. The van der Waals surface area contributed by atoms with Crippen molar-refractivity contribution < 1.29 is 4.79 Å². The van der Waals surface area contributed by atoms with Crippen LogP contribution in [-0.2, 0) is 6.54 Å². The number of aryl methyl sites for hydroxylation is 1. The molecule has 4 heteroatoms. The molecule has 1 fully saturated rings. The van der Waals surface area contributed by atoms with Gasteiger partial charge < -0.3 is 15.2 Å². The number of aromatic nitrogens is 1. The highest BCUT2D eigenvalue weighted by Crippen LogP contribution is 2.28. The van der Waals surface area contributed by atoms with E-state index in [9.17, 15) is 4.79 Å². The normalized spacial score (nSPS) is 21.0. The van der Waals surface area contributed by atoms with Gasteiger partial charge in [-0.15, -0.1) is 0 Å². The summed E-state index contributed by atoms with van der Waals surface area (Å²) in [4.78, 5) is 14.8. The number of rotatable bonds is 3. The van der Waals surface area contributed by atoms with E-state index in [2.05, 4.69) is 30.5 Å². The third kappa shape index (κ3) is 2.79. The van der Waals surface area contributed by atoms with Gasteiger partial charge in [0.2, 0.25) is 0 Å². The van der Waals surface area contributed by atoms with Gasteiger partial charge in [0.25, 0.3) is 5.91 Å². The summed E-state index contributed by atoms with van der Waals surface area (Å²) in [6.07, 6.45) is 0. The van der Waals surface area contributed by atoms with Crippen LogP contribution in [-0.4, -0.2) is 34.5 Å². The molecule has 1 aromatic heterocycles. The second-order valence-corrected chi connectivity index (χ2v) is 6.42. The van der Waals surface area contributed by atoms with Crippen LogP contribution in [0, 0.1) is 13.8 Å². The zero-order chi connectivity index (χ0) is 16.6. The molecule has 0 radical (unpaired) electrons. The highest BCUT2D eigenvalue weighted by molar-refractivity contribution is 5.96. The molecule has 4 nitrogen and oxygen atoms in total. The van der Waals surface area contributed by atoms with Gasteiger partial charge in [-0.3, -0.25) is 4.79 Å². The molecule has 1 amide bonds. The number of amides is 1. The van der Waals surface area contributed by atoms with E-state index in [1.807, 2.05) is 36.1 Å². The van der Waals surface area contributed by atoms with Crippen LogP contribution >= 0.6 is 0 Å². The molecule has 1 saturated heterocycles. The molecule has 0 unspecified atom stereocenters. The Hall–Kier alpha value is -2.07. The maximum Gasteiger partial charge on any atom is 0.255 e. The molecule has 1 aromatic carbocycles. The van der Waals surface area contributed by atoms with E-state index in [4.69, 9.17) is 5.73 Å². The molecule has 23 heavy (non-hydrogen) atoms. The first kappa shape index (κ1) is 15.8. The molecule has 2 atom stereocenters. The van der Waals surface area contributed by atoms with Crippen molar-refractivity contribution in [3.05, 3.63) is 58.9 Å². The van der Waals surface area contributed by atoms with Crippen molar-refractivity contribution in [2.24, 2.45) is 5.73 Å². The number of benzene rings is 1. The van der Waals surface area contributed by atoms with Crippen LogP contribution in [0.1, 0.15) is 40.2 Å². The Bertz CT molecular complexity index is 705. The van der Waals surface area contributed by atoms with E-state index in [1.54, 1.807) is 0 Å². The van der Waals surface area contributed by atoms with E-state index in [-0.39, 0.29) is 17.9 Å². The van der Waals surface area contributed by atoms with Crippen molar-refractivity contribution in [1.82, 2.24) is 9.47 Å². The Morgan fingerprint density at radius 2 is 1.91 bits per heavy atom. The lowest BCUT2D eigenvalue weighted by Gasteiger charge is -2.17. The number of hydrogen-bond donors (Lipinski definition) is 1. The molecule has 0 aliphatic carbocycles. The number of carbonyl (C=O) groups excluding carboxylic acids is 1. The minimum Gasteiger partial charge on any atom is -0.349 e. The highest BCUT2D eigenvalue weighted by Gasteiger charge is 2.35. The van der Waals surface area contributed by atoms with E-state index in [0.717, 1.165) is 23.5 Å². The minimum atomic E-state index is -0.00369. The Labute approximate surface area is 137 Å². The Balaban J connectivity index is 1.82. The van der Waals surface area contributed by atoms with Crippen molar-refractivity contribution in [3.63, 3.8) is 0 Å². The average Bonchev–Trinajstić information content (AvgIpc) is 3.07. The van der Waals surface area contributed by atoms with E-state index in [1.165, 1.54) is 5.56 Å². The summed E-state index contributed by atoms with van der Waals surface area (Å²) >= 11 is 0. The van der Waals surface area contributed by atoms with Gasteiger partial charge in [0.15, 0.2) is 0 Å². The fourth-order valence-corrected chi connectivity index (χ4v) is 3.72. The number of likely N-dealkylation sites (tertiary alicyclic amines) is 1. The second-order valence-electron chi connectivity index (χ2n) is 6.42. The van der Waals surface area contributed by atoms with E-state index in [0.29, 0.717) is 13.1 Å². The zero-order valence-corrected chi connectivity index (χ0v) is 14.1. The summed E-state index contributed by atoms with van der Waals surface area (Å²) in [7, 11) is 0. The summed E-state index contributed by atoms with van der Waals surface area (Å²) in [5, 5.41) is 0. The number of hydrogen-bond acceptors (Lipinski definition) is 2. The molecule has 2 heterocycles. The van der Waals surface area contributed by atoms with Crippen molar-refractivity contribution in [2.75, 3.05) is 13.1 Å². The predicted octanol–water partition coefficient (Wildman–Crippen LogP) is 2.69. The van der Waals surface area contributed by atoms with Gasteiger partial charge in [0, 0.05) is 43.0 Å². The van der Waals surface area contributed by atoms with Gasteiger partial charge in [0.1, 0.15) is 0 Å². The summed E-state index contributed by atoms with van der Waals surface area (Å²) in [6.45, 7) is 8.38. The number of nitrogens with two attached hydrogens (primary N) is 1. The number of nitrogens with zero attached hydrogens (tertiary/aromatic N) is 2. The summed E-state index contributed by atoms with van der Waals surface area (Å²) in [6, 6.07) is 12.3. The monoisotopic (exact) mass is 311 g/mol. The molecule has 1 aliphatic rings. The highest BCUT2D eigenvalue weighted by atomic mass is 16.2.